The molecule has 1 aromatic carbocycles. The second-order valence-corrected chi connectivity index (χ2v) is 6.09. The summed E-state index contributed by atoms with van der Waals surface area (Å²) in [6.45, 7) is 2.52. The topological polar surface area (TPSA) is 84.7 Å². The minimum atomic E-state index is -0.346. The number of imidazole rings is 1. The molecule has 3 aromatic rings. The van der Waals surface area contributed by atoms with Crippen molar-refractivity contribution in [1.82, 2.24) is 20.0 Å². The number of fused-ring (bicyclic) bond motifs is 1. The van der Waals surface area contributed by atoms with E-state index in [1.54, 1.807) is 24.3 Å². The van der Waals surface area contributed by atoms with E-state index in [1.807, 2.05) is 29.1 Å². The lowest BCUT2D eigenvalue weighted by Gasteiger charge is -2.10. The standard InChI is InChI=1S/C17H18N4O3S/c1-2-24-14-6-4-3-5-13(14)16(23)19-10-15(22)18-9-12-11-21-7-8-25-17(21)20-12/h3-8,11H,2,9-10H2,1H3,(H,18,22)(H,19,23). The molecule has 0 aliphatic heterocycles. The van der Waals surface area contributed by atoms with Crippen molar-refractivity contribution in [3.63, 3.8) is 0 Å². The number of ether oxygens (including phenoxy) is 1. The van der Waals surface area contributed by atoms with Gasteiger partial charge >= 0.3 is 0 Å². The lowest BCUT2D eigenvalue weighted by Crippen LogP contribution is -2.36. The molecule has 0 radical (unpaired) electrons. The highest BCUT2D eigenvalue weighted by Crippen LogP contribution is 2.17. The molecule has 0 spiro atoms. The van der Waals surface area contributed by atoms with Gasteiger partial charge in [-0.05, 0) is 19.1 Å². The summed E-state index contributed by atoms with van der Waals surface area (Å²) >= 11 is 1.53. The summed E-state index contributed by atoms with van der Waals surface area (Å²) in [6, 6.07) is 6.94. The number of aromatic nitrogens is 2. The summed E-state index contributed by atoms with van der Waals surface area (Å²) in [7, 11) is 0. The molecule has 8 heteroatoms. The van der Waals surface area contributed by atoms with Crippen molar-refractivity contribution in [2.75, 3.05) is 13.2 Å². The van der Waals surface area contributed by atoms with E-state index in [9.17, 15) is 9.59 Å². The van der Waals surface area contributed by atoms with Gasteiger partial charge in [0.1, 0.15) is 5.75 Å². The number of amides is 2. The normalized spacial score (nSPS) is 10.6. The molecule has 2 amide bonds. The molecule has 2 heterocycles. The predicted molar refractivity (Wildman–Crippen MR) is 94.9 cm³/mol. The molecular weight excluding hydrogens is 340 g/mol. The first-order valence-corrected chi connectivity index (χ1v) is 8.73. The number of carbonyl (C=O) groups excluding carboxylic acids is 2. The highest BCUT2D eigenvalue weighted by molar-refractivity contribution is 7.15. The van der Waals surface area contributed by atoms with E-state index in [0.29, 0.717) is 24.5 Å². The van der Waals surface area contributed by atoms with Gasteiger partial charge < -0.3 is 15.4 Å². The SMILES string of the molecule is CCOc1ccccc1C(=O)NCC(=O)NCc1cn2ccsc2n1. The summed E-state index contributed by atoms with van der Waals surface area (Å²) in [4.78, 5) is 29.4. The lowest BCUT2D eigenvalue weighted by atomic mass is 10.2. The van der Waals surface area contributed by atoms with Gasteiger partial charge in [0.15, 0.2) is 4.96 Å². The third kappa shape index (κ3) is 4.16. The quantitative estimate of drug-likeness (QED) is 0.675. The number of benzene rings is 1. The fourth-order valence-electron chi connectivity index (χ4n) is 2.30. The number of hydrogen-bond acceptors (Lipinski definition) is 5. The number of hydrogen-bond donors (Lipinski definition) is 2. The minimum Gasteiger partial charge on any atom is -0.493 e. The maximum Gasteiger partial charge on any atom is 0.255 e. The predicted octanol–water partition coefficient (Wildman–Crippen LogP) is 1.84. The van der Waals surface area contributed by atoms with Crippen LogP contribution in [0.15, 0.2) is 42.0 Å². The van der Waals surface area contributed by atoms with Gasteiger partial charge in [-0.15, -0.1) is 11.3 Å². The molecule has 0 unspecified atom stereocenters. The Labute approximate surface area is 148 Å². The summed E-state index contributed by atoms with van der Waals surface area (Å²) < 4.78 is 7.32. The average molecular weight is 358 g/mol. The van der Waals surface area contributed by atoms with Crippen LogP contribution in [0.5, 0.6) is 5.75 Å². The molecular formula is C17H18N4O3S. The van der Waals surface area contributed by atoms with Crippen LogP contribution >= 0.6 is 11.3 Å². The Hall–Kier alpha value is -2.87. The third-order valence-corrected chi connectivity index (χ3v) is 4.22. The first kappa shape index (κ1) is 17.0. The van der Waals surface area contributed by atoms with E-state index < -0.39 is 0 Å². The molecule has 0 fully saturated rings. The van der Waals surface area contributed by atoms with Gasteiger partial charge in [-0.1, -0.05) is 12.1 Å². The molecule has 0 aliphatic rings. The highest BCUT2D eigenvalue weighted by atomic mass is 32.1. The first-order chi connectivity index (χ1) is 12.2. The zero-order valence-corrected chi connectivity index (χ0v) is 14.5. The number of nitrogens with one attached hydrogen (secondary N) is 2. The smallest absolute Gasteiger partial charge is 0.255 e. The zero-order valence-electron chi connectivity index (χ0n) is 13.7. The van der Waals surface area contributed by atoms with Crippen molar-refractivity contribution in [2.45, 2.75) is 13.5 Å². The first-order valence-electron chi connectivity index (χ1n) is 7.85. The Balaban J connectivity index is 1.50. The fraction of sp³-hybridized carbons (Fsp3) is 0.235. The van der Waals surface area contributed by atoms with Crippen LogP contribution in [0.4, 0.5) is 0 Å². The third-order valence-electron chi connectivity index (χ3n) is 3.45. The number of thiazole rings is 1. The van der Waals surface area contributed by atoms with E-state index in [0.717, 1.165) is 10.7 Å². The van der Waals surface area contributed by atoms with Crippen LogP contribution in [-0.2, 0) is 11.3 Å². The molecule has 2 aromatic heterocycles. The highest BCUT2D eigenvalue weighted by Gasteiger charge is 2.13. The van der Waals surface area contributed by atoms with Gasteiger partial charge in [-0.25, -0.2) is 4.98 Å². The Bertz CT molecular complexity index is 858. The molecule has 7 nitrogen and oxygen atoms in total. The summed E-state index contributed by atoms with van der Waals surface area (Å²) in [5.41, 5.74) is 1.18. The fourth-order valence-corrected chi connectivity index (χ4v) is 3.02. The van der Waals surface area contributed by atoms with Gasteiger partial charge in [0.05, 0.1) is 31.0 Å². The number of carbonyl (C=O) groups is 2. The van der Waals surface area contributed by atoms with Gasteiger partial charge in [0.2, 0.25) is 5.91 Å². The largest absolute Gasteiger partial charge is 0.493 e. The van der Waals surface area contributed by atoms with Crippen LogP contribution in [0.3, 0.4) is 0 Å². The summed E-state index contributed by atoms with van der Waals surface area (Å²) in [5, 5.41) is 7.29. The van der Waals surface area contributed by atoms with Crippen molar-refractivity contribution >= 4 is 28.1 Å². The van der Waals surface area contributed by atoms with E-state index in [1.165, 1.54) is 11.3 Å². The Kier molecular flexibility index (Phi) is 5.30. The van der Waals surface area contributed by atoms with E-state index >= 15 is 0 Å². The summed E-state index contributed by atoms with van der Waals surface area (Å²) in [5.74, 6) is -0.124. The molecule has 3 rings (SSSR count). The van der Waals surface area contributed by atoms with Crippen molar-refractivity contribution in [2.24, 2.45) is 0 Å². The molecule has 0 aliphatic carbocycles. The molecule has 0 atom stereocenters. The average Bonchev–Trinajstić information content (AvgIpc) is 3.20. The maximum atomic E-state index is 12.2. The van der Waals surface area contributed by atoms with E-state index in [2.05, 4.69) is 15.6 Å². The Morgan fingerprint density at radius 2 is 2.12 bits per heavy atom. The van der Waals surface area contributed by atoms with Crippen LogP contribution in [0, 0.1) is 0 Å². The number of rotatable bonds is 7. The number of para-hydroxylation sites is 1. The Morgan fingerprint density at radius 1 is 1.28 bits per heavy atom. The molecule has 0 bridgehead atoms. The monoisotopic (exact) mass is 358 g/mol. The maximum absolute atomic E-state index is 12.2. The van der Waals surface area contributed by atoms with Crippen molar-refractivity contribution in [3.8, 4) is 5.75 Å². The molecule has 0 saturated carbocycles. The lowest BCUT2D eigenvalue weighted by molar-refractivity contribution is -0.120. The minimum absolute atomic E-state index is 0.110. The van der Waals surface area contributed by atoms with Crippen molar-refractivity contribution in [3.05, 3.63) is 53.3 Å². The zero-order chi connectivity index (χ0) is 17.6. The van der Waals surface area contributed by atoms with Crippen LogP contribution in [0.25, 0.3) is 4.96 Å². The van der Waals surface area contributed by atoms with Gasteiger partial charge in [0, 0.05) is 17.8 Å². The molecule has 25 heavy (non-hydrogen) atoms. The van der Waals surface area contributed by atoms with E-state index in [-0.39, 0.29) is 18.4 Å². The van der Waals surface area contributed by atoms with Crippen LogP contribution in [0.2, 0.25) is 0 Å². The second kappa shape index (κ2) is 7.80. The molecule has 130 valence electrons. The van der Waals surface area contributed by atoms with Gasteiger partial charge in [0.25, 0.3) is 5.91 Å². The van der Waals surface area contributed by atoms with Crippen LogP contribution in [0.1, 0.15) is 23.0 Å². The summed E-state index contributed by atoms with van der Waals surface area (Å²) in [6.07, 6.45) is 3.78. The van der Waals surface area contributed by atoms with Crippen molar-refractivity contribution < 1.29 is 14.3 Å². The van der Waals surface area contributed by atoms with Crippen LogP contribution in [-0.4, -0.2) is 34.4 Å². The second-order valence-electron chi connectivity index (χ2n) is 5.21. The van der Waals surface area contributed by atoms with Gasteiger partial charge in [-0.3, -0.25) is 14.0 Å². The van der Waals surface area contributed by atoms with Gasteiger partial charge in [-0.2, -0.15) is 0 Å². The number of nitrogens with zero attached hydrogens (tertiary/aromatic N) is 2. The van der Waals surface area contributed by atoms with Crippen LogP contribution < -0.4 is 15.4 Å². The van der Waals surface area contributed by atoms with Crippen molar-refractivity contribution in [1.29, 1.82) is 0 Å². The van der Waals surface area contributed by atoms with E-state index in [4.69, 9.17) is 4.74 Å². The molecule has 2 N–H and O–H groups in total. The Morgan fingerprint density at radius 3 is 2.92 bits per heavy atom. The molecule has 0 saturated heterocycles.